The Balaban J connectivity index is 1.67. The highest BCUT2D eigenvalue weighted by molar-refractivity contribution is 5.75. The van der Waals surface area contributed by atoms with E-state index in [0.717, 1.165) is 29.3 Å². The van der Waals surface area contributed by atoms with Crippen LogP contribution in [-0.2, 0) is 6.54 Å². The van der Waals surface area contributed by atoms with E-state index in [1.165, 1.54) is 5.56 Å². The molecule has 2 aromatic heterocycles. The third-order valence-corrected chi connectivity index (χ3v) is 4.09. The minimum atomic E-state index is 0.760. The lowest BCUT2D eigenvalue weighted by atomic mass is 10.2. The lowest BCUT2D eigenvalue weighted by Gasteiger charge is -2.07. The molecule has 2 aromatic carbocycles. The van der Waals surface area contributed by atoms with E-state index in [1.54, 1.807) is 0 Å². The molecule has 0 atom stereocenters. The molecule has 25 heavy (non-hydrogen) atoms. The van der Waals surface area contributed by atoms with Crippen LogP contribution in [0.3, 0.4) is 0 Å². The van der Waals surface area contributed by atoms with E-state index in [2.05, 4.69) is 58.3 Å². The van der Waals surface area contributed by atoms with Gasteiger partial charge in [0.25, 0.3) is 0 Å². The molecule has 0 bridgehead atoms. The first kappa shape index (κ1) is 15.2. The number of imidazole rings is 1. The number of nitrogens with one attached hydrogen (secondary N) is 1. The van der Waals surface area contributed by atoms with Crippen molar-refractivity contribution in [1.29, 1.82) is 0 Å². The first-order chi connectivity index (χ1) is 12.4. The average Bonchev–Trinajstić information content (AvgIpc) is 3.04. The van der Waals surface area contributed by atoms with Crippen molar-refractivity contribution >= 4 is 23.6 Å². The molecule has 3 heteroatoms. The number of anilines is 1. The summed E-state index contributed by atoms with van der Waals surface area (Å²) >= 11 is 0. The van der Waals surface area contributed by atoms with Crippen LogP contribution in [0.5, 0.6) is 0 Å². The van der Waals surface area contributed by atoms with Gasteiger partial charge in [-0.25, -0.2) is 4.98 Å². The van der Waals surface area contributed by atoms with Gasteiger partial charge in [0.1, 0.15) is 17.2 Å². The molecule has 0 aliphatic heterocycles. The molecule has 0 aliphatic carbocycles. The maximum absolute atomic E-state index is 4.75. The van der Waals surface area contributed by atoms with Crippen molar-refractivity contribution < 1.29 is 0 Å². The first-order valence-electron chi connectivity index (χ1n) is 8.38. The molecular weight excluding hydrogens is 306 g/mol. The lowest BCUT2D eigenvalue weighted by molar-refractivity contribution is 1.08. The summed E-state index contributed by atoms with van der Waals surface area (Å²) in [6.45, 7) is 0.760. The molecule has 4 aromatic rings. The largest absolute Gasteiger partial charge is 0.365 e. The van der Waals surface area contributed by atoms with Crippen molar-refractivity contribution in [3.8, 4) is 0 Å². The third-order valence-electron chi connectivity index (χ3n) is 4.09. The predicted octanol–water partition coefficient (Wildman–Crippen LogP) is 5.12. The molecule has 0 radical (unpaired) electrons. The molecule has 0 unspecified atom stereocenters. The molecular formula is C22H19N3. The molecule has 0 saturated heterocycles. The molecule has 3 nitrogen and oxygen atoms in total. The second-order valence-corrected chi connectivity index (χ2v) is 5.86. The first-order valence-corrected chi connectivity index (χ1v) is 8.38. The van der Waals surface area contributed by atoms with E-state index in [9.17, 15) is 0 Å². The van der Waals surface area contributed by atoms with E-state index in [0.29, 0.717) is 0 Å². The Kier molecular flexibility index (Phi) is 4.29. The Hall–Kier alpha value is -3.33. The van der Waals surface area contributed by atoms with Crippen LogP contribution in [0, 0.1) is 0 Å². The Morgan fingerprint density at radius 2 is 1.52 bits per heavy atom. The number of hydrogen-bond donors (Lipinski definition) is 1. The summed E-state index contributed by atoms with van der Waals surface area (Å²) in [6.07, 6.45) is 6.20. The van der Waals surface area contributed by atoms with Crippen molar-refractivity contribution in [2.75, 3.05) is 5.32 Å². The van der Waals surface area contributed by atoms with Gasteiger partial charge in [-0.3, -0.25) is 4.40 Å². The Morgan fingerprint density at radius 3 is 2.32 bits per heavy atom. The van der Waals surface area contributed by atoms with Gasteiger partial charge >= 0.3 is 0 Å². The molecule has 2 heterocycles. The van der Waals surface area contributed by atoms with Gasteiger partial charge < -0.3 is 5.32 Å². The van der Waals surface area contributed by atoms with E-state index >= 15 is 0 Å². The van der Waals surface area contributed by atoms with Gasteiger partial charge in [-0.05, 0) is 29.3 Å². The zero-order chi connectivity index (χ0) is 16.9. The predicted molar refractivity (Wildman–Crippen MR) is 104 cm³/mol. The van der Waals surface area contributed by atoms with Gasteiger partial charge in [-0.1, -0.05) is 72.8 Å². The van der Waals surface area contributed by atoms with Crippen LogP contribution in [-0.4, -0.2) is 9.38 Å². The van der Waals surface area contributed by atoms with E-state index < -0.39 is 0 Å². The lowest BCUT2D eigenvalue weighted by Crippen LogP contribution is -2.03. The SMILES string of the molecule is C(=C\c1nc2ccccn2c1NCc1ccccc1)/c1ccccc1. The topological polar surface area (TPSA) is 29.3 Å². The molecule has 4 rings (SSSR count). The number of aromatic nitrogens is 2. The normalized spacial score (nSPS) is 11.2. The standard InChI is InChI=1S/C22H19N3/c1-3-9-18(10-4-1)14-15-20-22(23-17-19-11-5-2-6-12-19)25-16-8-7-13-21(25)24-20/h1-16,23H,17H2/b15-14+. The second-order valence-electron chi connectivity index (χ2n) is 5.86. The zero-order valence-corrected chi connectivity index (χ0v) is 13.8. The van der Waals surface area contributed by atoms with Crippen LogP contribution in [0.25, 0.3) is 17.8 Å². The number of hydrogen-bond acceptors (Lipinski definition) is 2. The van der Waals surface area contributed by atoms with Crippen molar-refractivity contribution in [2.45, 2.75) is 6.54 Å². The van der Waals surface area contributed by atoms with Crippen molar-refractivity contribution in [3.05, 3.63) is 102 Å². The van der Waals surface area contributed by atoms with Crippen LogP contribution in [0.4, 0.5) is 5.82 Å². The summed E-state index contributed by atoms with van der Waals surface area (Å²) in [5, 5.41) is 3.54. The quantitative estimate of drug-likeness (QED) is 0.552. The molecule has 0 saturated carbocycles. The van der Waals surface area contributed by atoms with Crippen LogP contribution in [0.15, 0.2) is 85.1 Å². The van der Waals surface area contributed by atoms with Crippen molar-refractivity contribution in [2.24, 2.45) is 0 Å². The fraction of sp³-hybridized carbons (Fsp3) is 0.0455. The summed E-state index contributed by atoms with van der Waals surface area (Å²) in [5.74, 6) is 1.01. The summed E-state index contributed by atoms with van der Waals surface area (Å²) < 4.78 is 2.09. The third kappa shape index (κ3) is 3.45. The molecule has 0 aliphatic rings. The number of fused-ring (bicyclic) bond motifs is 1. The maximum Gasteiger partial charge on any atom is 0.139 e. The highest BCUT2D eigenvalue weighted by Gasteiger charge is 2.09. The Labute approximate surface area is 147 Å². The maximum atomic E-state index is 4.75. The molecule has 0 fully saturated rings. The summed E-state index contributed by atoms with van der Waals surface area (Å²) in [7, 11) is 0. The monoisotopic (exact) mass is 325 g/mol. The fourth-order valence-corrected chi connectivity index (χ4v) is 2.83. The van der Waals surface area contributed by atoms with Gasteiger partial charge in [0, 0.05) is 12.7 Å². The Bertz CT molecular complexity index is 986. The number of rotatable bonds is 5. The van der Waals surface area contributed by atoms with Crippen molar-refractivity contribution in [1.82, 2.24) is 9.38 Å². The minimum absolute atomic E-state index is 0.760. The molecule has 1 N–H and O–H groups in total. The number of nitrogens with zero attached hydrogens (tertiary/aromatic N) is 2. The molecule has 0 spiro atoms. The summed E-state index contributed by atoms with van der Waals surface area (Å²) in [6, 6.07) is 26.7. The smallest absolute Gasteiger partial charge is 0.139 e. The van der Waals surface area contributed by atoms with Gasteiger partial charge in [0.2, 0.25) is 0 Å². The van der Waals surface area contributed by atoms with Gasteiger partial charge in [-0.2, -0.15) is 0 Å². The zero-order valence-electron chi connectivity index (χ0n) is 13.8. The summed E-state index contributed by atoms with van der Waals surface area (Å²) in [5.41, 5.74) is 4.27. The number of benzene rings is 2. The summed E-state index contributed by atoms with van der Waals surface area (Å²) in [4.78, 5) is 4.75. The average molecular weight is 325 g/mol. The Morgan fingerprint density at radius 1 is 0.800 bits per heavy atom. The van der Waals surface area contributed by atoms with Crippen LogP contribution in [0.1, 0.15) is 16.8 Å². The van der Waals surface area contributed by atoms with Gasteiger partial charge in [0.05, 0.1) is 0 Å². The highest BCUT2D eigenvalue weighted by atomic mass is 15.1. The van der Waals surface area contributed by atoms with E-state index in [4.69, 9.17) is 4.98 Å². The van der Waals surface area contributed by atoms with Crippen LogP contribution < -0.4 is 5.32 Å². The highest BCUT2D eigenvalue weighted by Crippen LogP contribution is 2.21. The van der Waals surface area contributed by atoms with Crippen LogP contribution in [0.2, 0.25) is 0 Å². The van der Waals surface area contributed by atoms with E-state index in [1.807, 2.05) is 48.7 Å². The van der Waals surface area contributed by atoms with Gasteiger partial charge in [0.15, 0.2) is 0 Å². The fourth-order valence-electron chi connectivity index (χ4n) is 2.83. The molecule has 0 amide bonds. The molecule has 122 valence electrons. The number of pyridine rings is 1. The van der Waals surface area contributed by atoms with Crippen molar-refractivity contribution in [3.63, 3.8) is 0 Å². The van der Waals surface area contributed by atoms with Gasteiger partial charge in [-0.15, -0.1) is 0 Å². The second kappa shape index (κ2) is 7.05. The van der Waals surface area contributed by atoms with E-state index in [-0.39, 0.29) is 0 Å². The van der Waals surface area contributed by atoms with Crippen LogP contribution >= 0.6 is 0 Å². The minimum Gasteiger partial charge on any atom is -0.365 e.